The standard InChI is InChI=1S/C18H17FN2O5S/c1-24-16-9-12(10-17(25-2)18(16)26-3)8-15(11-20)27(22,23)21-14-6-4-13(19)5-7-14/h4-10,21H,1-3H3. The molecule has 0 aromatic heterocycles. The Hall–Kier alpha value is -3.25. The quantitative estimate of drug-likeness (QED) is 0.727. The Morgan fingerprint density at radius 2 is 1.63 bits per heavy atom. The molecular weight excluding hydrogens is 375 g/mol. The molecule has 0 saturated heterocycles. The van der Waals surface area contributed by atoms with E-state index in [2.05, 4.69) is 4.72 Å². The van der Waals surface area contributed by atoms with Crippen molar-refractivity contribution in [3.05, 3.63) is 52.7 Å². The summed E-state index contributed by atoms with van der Waals surface area (Å²) in [6, 6.07) is 9.37. The lowest BCUT2D eigenvalue weighted by Crippen LogP contribution is -2.14. The zero-order valence-electron chi connectivity index (χ0n) is 14.8. The fraction of sp³-hybridized carbons (Fsp3) is 0.167. The molecule has 2 rings (SSSR count). The van der Waals surface area contributed by atoms with Gasteiger partial charge >= 0.3 is 0 Å². The minimum atomic E-state index is -4.18. The molecule has 0 aliphatic heterocycles. The number of anilines is 1. The minimum Gasteiger partial charge on any atom is -0.493 e. The van der Waals surface area contributed by atoms with Gasteiger partial charge < -0.3 is 14.2 Å². The van der Waals surface area contributed by atoms with E-state index in [1.54, 1.807) is 6.07 Å². The van der Waals surface area contributed by atoms with Crippen LogP contribution in [0, 0.1) is 17.1 Å². The summed E-state index contributed by atoms with van der Waals surface area (Å²) >= 11 is 0. The van der Waals surface area contributed by atoms with E-state index in [0.29, 0.717) is 22.8 Å². The number of hydrogen-bond donors (Lipinski definition) is 1. The fourth-order valence-electron chi connectivity index (χ4n) is 2.23. The molecule has 1 N–H and O–H groups in total. The van der Waals surface area contributed by atoms with E-state index in [4.69, 9.17) is 14.2 Å². The number of nitrogens with one attached hydrogen (secondary N) is 1. The Labute approximate surface area is 156 Å². The van der Waals surface area contributed by atoms with E-state index in [1.165, 1.54) is 45.6 Å². The van der Waals surface area contributed by atoms with Crippen molar-refractivity contribution < 1.29 is 27.0 Å². The molecule has 9 heteroatoms. The molecule has 2 aromatic rings. The van der Waals surface area contributed by atoms with Gasteiger partial charge in [0.1, 0.15) is 11.9 Å². The molecule has 0 bridgehead atoms. The zero-order valence-corrected chi connectivity index (χ0v) is 15.6. The summed E-state index contributed by atoms with van der Waals surface area (Å²) in [6.07, 6.45) is 1.16. The highest BCUT2D eigenvalue weighted by Gasteiger charge is 2.19. The molecule has 0 saturated carbocycles. The summed E-state index contributed by atoms with van der Waals surface area (Å²) in [5.74, 6) is 0.447. The van der Waals surface area contributed by atoms with Gasteiger partial charge in [0.15, 0.2) is 16.4 Å². The van der Waals surface area contributed by atoms with Crippen LogP contribution in [0.2, 0.25) is 0 Å². The highest BCUT2D eigenvalue weighted by molar-refractivity contribution is 7.96. The number of benzene rings is 2. The smallest absolute Gasteiger partial charge is 0.272 e. The van der Waals surface area contributed by atoms with Crippen LogP contribution in [0.25, 0.3) is 6.08 Å². The van der Waals surface area contributed by atoms with Crippen LogP contribution in [-0.4, -0.2) is 29.7 Å². The van der Waals surface area contributed by atoms with Crippen LogP contribution < -0.4 is 18.9 Å². The molecule has 0 spiro atoms. The van der Waals surface area contributed by atoms with Crippen molar-refractivity contribution in [1.82, 2.24) is 0 Å². The highest BCUT2D eigenvalue weighted by atomic mass is 32.2. The first kappa shape index (κ1) is 20.1. The van der Waals surface area contributed by atoms with Crippen LogP contribution in [-0.2, 0) is 10.0 Å². The van der Waals surface area contributed by atoms with Crippen LogP contribution in [0.1, 0.15) is 5.56 Å². The Kier molecular flexibility index (Phi) is 6.26. The Bertz CT molecular complexity index is 970. The first-order valence-electron chi connectivity index (χ1n) is 7.54. The van der Waals surface area contributed by atoms with Gasteiger partial charge in [-0.25, -0.2) is 12.8 Å². The van der Waals surface area contributed by atoms with E-state index in [1.807, 2.05) is 0 Å². The lowest BCUT2D eigenvalue weighted by molar-refractivity contribution is 0.324. The normalized spacial score (nSPS) is 11.4. The topological polar surface area (TPSA) is 97.7 Å². The molecule has 0 unspecified atom stereocenters. The summed E-state index contributed by atoms with van der Waals surface area (Å²) in [4.78, 5) is -0.541. The van der Waals surface area contributed by atoms with Crippen LogP contribution in [0.3, 0.4) is 0 Å². The van der Waals surface area contributed by atoms with Crippen LogP contribution in [0.5, 0.6) is 17.2 Å². The molecule has 0 radical (unpaired) electrons. The third-order valence-electron chi connectivity index (χ3n) is 3.48. The maximum absolute atomic E-state index is 13.0. The number of nitriles is 1. The maximum atomic E-state index is 13.0. The largest absolute Gasteiger partial charge is 0.493 e. The van der Waals surface area contributed by atoms with Gasteiger partial charge in [0, 0.05) is 5.69 Å². The first-order valence-corrected chi connectivity index (χ1v) is 9.03. The summed E-state index contributed by atoms with van der Waals surface area (Å²) in [5, 5.41) is 9.31. The average Bonchev–Trinajstić information content (AvgIpc) is 2.66. The molecule has 27 heavy (non-hydrogen) atoms. The van der Waals surface area contributed by atoms with Gasteiger partial charge in [0.2, 0.25) is 5.75 Å². The highest BCUT2D eigenvalue weighted by Crippen LogP contribution is 2.38. The van der Waals surface area contributed by atoms with Crippen molar-refractivity contribution in [3.8, 4) is 23.3 Å². The predicted octanol–water partition coefficient (Wildman–Crippen LogP) is 3.16. The Balaban J connectivity index is 2.45. The van der Waals surface area contributed by atoms with Gasteiger partial charge in [-0.3, -0.25) is 4.72 Å². The molecule has 7 nitrogen and oxygen atoms in total. The van der Waals surface area contributed by atoms with Crippen molar-refractivity contribution in [2.75, 3.05) is 26.1 Å². The second kappa shape index (κ2) is 8.42. The summed E-state index contributed by atoms with van der Waals surface area (Å²) < 4.78 is 55.7. The van der Waals surface area contributed by atoms with Gasteiger partial charge in [-0.1, -0.05) is 0 Å². The van der Waals surface area contributed by atoms with E-state index in [0.717, 1.165) is 18.2 Å². The van der Waals surface area contributed by atoms with Gasteiger partial charge in [0.05, 0.1) is 21.3 Å². The molecule has 0 fully saturated rings. The van der Waals surface area contributed by atoms with Crippen molar-refractivity contribution in [2.45, 2.75) is 0 Å². The molecule has 0 aliphatic rings. The summed E-state index contributed by atoms with van der Waals surface area (Å²) in [5.41, 5.74) is 0.480. The fourth-order valence-corrected chi connectivity index (χ4v) is 3.20. The molecule has 0 amide bonds. The summed E-state index contributed by atoms with van der Waals surface area (Å²) in [7, 11) is 0.100. The maximum Gasteiger partial charge on any atom is 0.272 e. The van der Waals surface area contributed by atoms with E-state index >= 15 is 0 Å². The SMILES string of the molecule is COc1cc(C=C(C#N)S(=O)(=O)Nc2ccc(F)cc2)cc(OC)c1OC. The number of rotatable bonds is 7. The third kappa shape index (κ3) is 4.68. The monoisotopic (exact) mass is 392 g/mol. The van der Waals surface area contributed by atoms with Crippen molar-refractivity contribution in [2.24, 2.45) is 0 Å². The third-order valence-corrected chi connectivity index (χ3v) is 4.77. The van der Waals surface area contributed by atoms with Gasteiger partial charge in [-0.2, -0.15) is 5.26 Å². The Morgan fingerprint density at radius 1 is 1.07 bits per heavy atom. The number of nitrogens with zero attached hydrogens (tertiary/aromatic N) is 1. The first-order chi connectivity index (χ1) is 12.8. The minimum absolute atomic E-state index is 0.127. The molecule has 0 atom stereocenters. The predicted molar refractivity (Wildman–Crippen MR) is 98.6 cm³/mol. The number of hydrogen-bond acceptors (Lipinski definition) is 6. The van der Waals surface area contributed by atoms with Crippen molar-refractivity contribution in [3.63, 3.8) is 0 Å². The molecular formula is C18H17FN2O5S. The Morgan fingerprint density at radius 3 is 2.07 bits per heavy atom. The molecule has 0 heterocycles. The van der Waals surface area contributed by atoms with E-state index in [-0.39, 0.29) is 5.69 Å². The number of halogens is 1. The lowest BCUT2D eigenvalue weighted by atomic mass is 10.1. The zero-order chi connectivity index (χ0) is 20.0. The van der Waals surface area contributed by atoms with Gasteiger partial charge in [0.25, 0.3) is 10.0 Å². The number of methoxy groups -OCH3 is 3. The number of allylic oxidation sites excluding steroid dienone is 1. The van der Waals surface area contributed by atoms with Crippen LogP contribution in [0.4, 0.5) is 10.1 Å². The summed E-state index contributed by atoms with van der Waals surface area (Å²) in [6.45, 7) is 0. The molecule has 142 valence electrons. The van der Waals surface area contributed by atoms with Crippen LogP contribution in [0.15, 0.2) is 41.3 Å². The molecule has 2 aromatic carbocycles. The van der Waals surface area contributed by atoms with E-state index < -0.39 is 20.7 Å². The van der Waals surface area contributed by atoms with Gasteiger partial charge in [-0.05, 0) is 48.0 Å². The van der Waals surface area contributed by atoms with Crippen LogP contribution >= 0.6 is 0 Å². The second-order valence-corrected chi connectivity index (χ2v) is 6.84. The number of ether oxygens (including phenoxy) is 3. The second-order valence-electron chi connectivity index (χ2n) is 5.19. The van der Waals surface area contributed by atoms with Crippen molar-refractivity contribution in [1.29, 1.82) is 5.26 Å². The molecule has 0 aliphatic carbocycles. The van der Waals surface area contributed by atoms with Gasteiger partial charge in [-0.15, -0.1) is 0 Å². The van der Waals surface area contributed by atoms with E-state index in [9.17, 15) is 18.1 Å². The van der Waals surface area contributed by atoms with Crippen molar-refractivity contribution >= 4 is 21.8 Å². The number of sulfonamides is 1. The lowest BCUT2D eigenvalue weighted by Gasteiger charge is -2.13. The average molecular weight is 392 g/mol.